The predicted molar refractivity (Wildman–Crippen MR) is 95.0 cm³/mol. The molecule has 0 saturated carbocycles. The van der Waals surface area contributed by atoms with E-state index < -0.39 is 36.2 Å². The summed E-state index contributed by atoms with van der Waals surface area (Å²) < 4.78 is 10.9. The van der Waals surface area contributed by atoms with E-state index in [9.17, 15) is 19.5 Å². The third kappa shape index (κ3) is 4.02. The summed E-state index contributed by atoms with van der Waals surface area (Å²) in [5.74, 6) is -2.15. The third-order valence-electron chi connectivity index (χ3n) is 4.74. The number of esters is 2. The van der Waals surface area contributed by atoms with Crippen LogP contribution in [0, 0.1) is 5.92 Å². The Balaban J connectivity index is 2.49. The molecule has 1 heterocycles. The average molecular weight is 360 g/mol. The molecule has 0 aromatic rings. The van der Waals surface area contributed by atoms with Crippen molar-refractivity contribution >= 4 is 17.7 Å². The van der Waals surface area contributed by atoms with Crippen LogP contribution in [0.5, 0.6) is 0 Å². The Morgan fingerprint density at radius 3 is 2.62 bits per heavy atom. The number of aliphatic hydroxyl groups excluding tert-OH is 1. The Labute approximate surface area is 152 Å². The molecule has 1 aliphatic heterocycles. The van der Waals surface area contributed by atoms with Crippen molar-refractivity contribution in [1.82, 2.24) is 0 Å². The van der Waals surface area contributed by atoms with E-state index in [4.69, 9.17) is 9.47 Å². The Morgan fingerprint density at radius 2 is 2.00 bits per heavy atom. The minimum Gasteiger partial charge on any atom is -0.458 e. The van der Waals surface area contributed by atoms with Crippen LogP contribution in [-0.4, -0.2) is 41.1 Å². The van der Waals surface area contributed by atoms with Gasteiger partial charge in [0, 0.05) is 17.6 Å². The zero-order chi connectivity index (χ0) is 19.6. The van der Waals surface area contributed by atoms with E-state index in [2.05, 4.69) is 6.58 Å². The molecule has 2 aliphatic rings. The van der Waals surface area contributed by atoms with Gasteiger partial charge in [0.1, 0.15) is 18.3 Å². The van der Waals surface area contributed by atoms with Crippen LogP contribution in [0.1, 0.15) is 34.1 Å². The molecule has 0 aromatic carbocycles. The lowest BCUT2D eigenvalue weighted by atomic mass is 9.83. The highest BCUT2D eigenvalue weighted by Crippen LogP contribution is 2.37. The van der Waals surface area contributed by atoms with E-state index in [0.29, 0.717) is 16.7 Å². The van der Waals surface area contributed by atoms with Crippen molar-refractivity contribution in [1.29, 1.82) is 0 Å². The number of fused-ring (bicyclic) bond motifs is 1. The molecule has 0 amide bonds. The van der Waals surface area contributed by atoms with Crippen molar-refractivity contribution in [3.8, 4) is 0 Å². The van der Waals surface area contributed by atoms with Gasteiger partial charge in [-0.2, -0.15) is 0 Å². The first-order valence-corrected chi connectivity index (χ1v) is 8.46. The monoisotopic (exact) mass is 360 g/mol. The molecule has 2 rings (SSSR count). The third-order valence-corrected chi connectivity index (χ3v) is 4.74. The number of carbonyl (C=O) groups excluding carboxylic acids is 3. The topological polar surface area (TPSA) is 89.9 Å². The van der Waals surface area contributed by atoms with Gasteiger partial charge in [0.2, 0.25) is 0 Å². The summed E-state index contributed by atoms with van der Waals surface area (Å²) in [5, 5.41) is 10.6. The number of rotatable bonds is 2. The molecule has 26 heavy (non-hydrogen) atoms. The molecular weight excluding hydrogens is 336 g/mol. The number of ether oxygens (including phenoxy) is 2. The average Bonchev–Trinajstić information content (AvgIpc) is 2.86. The molecule has 1 saturated heterocycles. The van der Waals surface area contributed by atoms with Crippen LogP contribution in [-0.2, 0) is 23.9 Å². The fraction of sp³-hybridized carbons (Fsp3) is 0.450. The Morgan fingerprint density at radius 1 is 1.35 bits per heavy atom. The van der Waals surface area contributed by atoms with Gasteiger partial charge in [-0.1, -0.05) is 18.2 Å². The number of carbonyl (C=O) groups is 3. The molecule has 0 bridgehead atoms. The second-order valence-corrected chi connectivity index (χ2v) is 6.77. The molecule has 0 unspecified atom stereocenters. The molecule has 140 valence electrons. The standard InChI is InChI=1S/C20H24O6/c1-6-11(3)19(23)25-15-8-10(2)7-14(21)9-12(4)17(22)18-16(15)13(5)20(24)26-18/h6-7,9,15-18,22H,5,8H2,1-4H3/b10-7?,11-6+,12-9?/t15-,16+,17-,18+/m0/s1. The van der Waals surface area contributed by atoms with E-state index in [1.807, 2.05) is 0 Å². The number of hydrogen-bond donors (Lipinski definition) is 1. The molecule has 1 aliphatic carbocycles. The van der Waals surface area contributed by atoms with Gasteiger partial charge in [0.25, 0.3) is 0 Å². The number of hydrogen-bond acceptors (Lipinski definition) is 6. The maximum atomic E-state index is 12.3. The fourth-order valence-corrected chi connectivity index (χ4v) is 3.12. The molecule has 0 spiro atoms. The van der Waals surface area contributed by atoms with E-state index in [-0.39, 0.29) is 17.8 Å². The molecule has 4 atom stereocenters. The van der Waals surface area contributed by atoms with Gasteiger partial charge in [0.15, 0.2) is 5.78 Å². The molecule has 1 fully saturated rings. The summed E-state index contributed by atoms with van der Waals surface area (Å²) in [6, 6.07) is 0. The minimum absolute atomic E-state index is 0.150. The van der Waals surface area contributed by atoms with Crippen LogP contribution in [0.2, 0.25) is 0 Å². The fourth-order valence-electron chi connectivity index (χ4n) is 3.12. The van der Waals surface area contributed by atoms with Crippen LogP contribution in [0.15, 0.2) is 47.1 Å². The van der Waals surface area contributed by atoms with E-state index in [0.717, 1.165) is 0 Å². The van der Waals surface area contributed by atoms with Crippen molar-refractivity contribution in [3.05, 3.63) is 47.1 Å². The molecule has 6 nitrogen and oxygen atoms in total. The molecule has 6 heteroatoms. The van der Waals surface area contributed by atoms with Crippen LogP contribution < -0.4 is 0 Å². The van der Waals surface area contributed by atoms with Gasteiger partial charge in [-0.05, 0) is 45.4 Å². The van der Waals surface area contributed by atoms with Crippen molar-refractivity contribution in [2.24, 2.45) is 5.92 Å². The zero-order valence-electron chi connectivity index (χ0n) is 15.4. The van der Waals surface area contributed by atoms with Gasteiger partial charge in [-0.25, -0.2) is 9.59 Å². The molecule has 0 radical (unpaired) electrons. The van der Waals surface area contributed by atoms with E-state index >= 15 is 0 Å². The summed E-state index contributed by atoms with van der Waals surface area (Å²) in [7, 11) is 0. The number of ketones is 1. The molecule has 0 aromatic heterocycles. The van der Waals surface area contributed by atoms with E-state index in [1.54, 1.807) is 33.8 Å². The summed E-state index contributed by atoms with van der Waals surface area (Å²) in [4.78, 5) is 36.4. The summed E-state index contributed by atoms with van der Waals surface area (Å²) >= 11 is 0. The second kappa shape index (κ2) is 7.83. The number of aliphatic hydroxyl groups is 1. The van der Waals surface area contributed by atoms with Crippen LogP contribution in [0.25, 0.3) is 0 Å². The van der Waals surface area contributed by atoms with Crippen molar-refractivity contribution in [2.75, 3.05) is 0 Å². The lowest BCUT2D eigenvalue weighted by Crippen LogP contribution is -2.41. The van der Waals surface area contributed by atoms with E-state index in [1.165, 1.54) is 12.2 Å². The second-order valence-electron chi connectivity index (χ2n) is 6.77. The summed E-state index contributed by atoms with van der Waals surface area (Å²) in [5.41, 5.74) is 1.63. The van der Waals surface area contributed by atoms with Crippen molar-refractivity contribution < 1.29 is 29.0 Å². The molecule has 1 N–H and O–H groups in total. The van der Waals surface area contributed by atoms with Crippen molar-refractivity contribution in [3.63, 3.8) is 0 Å². The first-order chi connectivity index (χ1) is 12.1. The van der Waals surface area contributed by atoms with Gasteiger partial charge in [0.05, 0.1) is 5.92 Å². The van der Waals surface area contributed by atoms with Gasteiger partial charge in [-0.15, -0.1) is 0 Å². The smallest absolute Gasteiger partial charge is 0.334 e. The van der Waals surface area contributed by atoms with Gasteiger partial charge < -0.3 is 14.6 Å². The highest BCUT2D eigenvalue weighted by Gasteiger charge is 2.48. The lowest BCUT2D eigenvalue weighted by molar-refractivity contribution is -0.150. The minimum atomic E-state index is -1.19. The summed E-state index contributed by atoms with van der Waals surface area (Å²) in [6.07, 6.45) is 1.66. The first kappa shape index (κ1) is 19.8. The van der Waals surface area contributed by atoms with Crippen LogP contribution in [0.4, 0.5) is 0 Å². The normalized spacial score (nSPS) is 30.2. The van der Waals surface area contributed by atoms with Crippen LogP contribution >= 0.6 is 0 Å². The Kier molecular flexibility index (Phi) is 5.97. The van der Waals surface area contributed by atoms with Crippen LogP contribution in [0.3, 0.4) is 0 Å². The maximum Gasteiger partial charge on any atom is 0.334 e. The van der Waals surface area contributed by atoms with Crippen molar-refractivity contribution in [2.45, 2.75) is 52.4 Å². The SMILES string of the molecule is C=C1C(=O)O[C@@H]2[C@H]1[C@@H](OC(=O)/C(C)=C/C)CC(C)=CC(=O)C=C(C)[C@@H]2O. The highest BCUT2D eigenvalue weighted by atomic mass is 16.6. The Bertz CT molecular complexity index is 739. The zero-order valence-corrected chi connectivity index (χ0v) is 15.4. The van der Waals surface area contributed by atoms with Gasteiger partial charge >= 0.3 is 11.9 Å². The predicted octanol–water partition coefficient (Wildman–Crippen LogP) is 2.19. The van der Waals surface area contributed by atoms with Gasteiger partial charge in [-0.3, -0.25) is 4.79 Å². The largest absolute Gasteiger partial charge is 0.458 e. The quantitative estimate of drug-likeness (QED) is 0.600. The highest BCUT2D eigenvalue weighted by molar-refractivity contribution is 6.00. The first-order valence-electron chi connectivity index (χ1n) is 8.46. The Hall–Kier alpha value is -2.47. The lowest BCUT2D eigenvalue weighted by Gasteiger charge is -2.30. The number of allylic oxidation sites excluding steroid dienone is 3. The summed E-state index contributed by atoms with van der Waals surface area (Å²) in [6.45, 7) is 10.4. The molecular formula is C20H24O6. The maximum absolute atomic E-state index is 12.3.